The molecule has 2 N–H and O–H groups in total. The van der Waals surface area contributed by atoms with Crippen molar-refractivity contribution in [3.63, 3.8) is 0 Å². The number of carboxylic acids is 1. The number of hydrogen-bond acceptors (Lipinski definition) is 3. The number of carbonyl (C=O) groups excluding carboxylic acids is 1. The van der Waals surface area contributed by atoms with Crippen LogP contribution in [-0.4, -0.2) is 21.6 Å². The molecule has 1 aliphatic carbocycles. The van der Waals surface area contributed by atoms with Crippen LogP contribution in [0.2, 0.25) is 0 Å². The second-order valence-corrected chi connectivity index (χ2v) is 5.99. The molecule has 2 aromatic rings. The summed E-state index contributed by atoms with van der Waals surface area (Å²) in [4.78, 5) is 34.3. The lowest BCUT2D eigenvalue weighted by Crippen LogP contribution is -2.25. The Morgan fingerprint density at radius 1 is 1.08 bits per heavy atom. The zero-order valence-electron chi connectivity index (χ0n) is 13.0. The molecule has 0 radical (unpaired) electrons. The van der Waals surface area contributed by atoms with E-state index >= 15 is 0 Å². The van der Waals surface area contributed by atoms with Gasteiger partial charge in [-0.05, 0) is 23.6 Å². The molecule has 0 spiro atoms. The molecule has 0 aliphatic heterocycles. The van der Waals surface area contributed by atoms with E-state index in [9.17, 15) is 14.4 Å². The molecular formula is C18H18N2O4. The first kappa shape index (κ1) is 16.0. The quantitative estimate of drug-likeness (QED) is 0.836. The molecule has 1 saturated carbocycles. The highest BCUT2D eigenvalue weighted by molar-refractivity contribution is 5.89. The summed E-state index contributed by atoms with van der Waals surface area (Å²) >= 11 is 0. The van der Waals surface area contributed by atoms with E-state index < -0.39 is 17.8 Å². The predicted octanol–water partition coefficient (Wildman–Crippen LogP) is 1.23. The van der Waals surface area contributed by atoms with Crippen molar-refractivity contribution in [3.8, 4) is 0 Å². The van der Waals surface area contributed by atoms with Crippen LogP contribution in [0.1, 0.15) is 17.5 Å². The summed E-state index contributed by atoms with van der Waals surface area (Å²) in [5, 5.41) is 11.6. The molecule has 124 valence electrons. The SMILES string of the molecule is O=C(O)[C@H]1C[C@H]1C(=O)NCc1ccc(Cn2ccccc2=O)cc1. The summed E-state index contributed by atoms with van der Waals surface area (Å²) in [5.74, 6) is -2.04. The maximum atomic E-state index is 11.8. The zero-order valence-corrected chi connectivity index (χ0v) is 13.0. The number of nitrogens with zero attached hydrogens (tertiary/aromatic N) is 1. The number of amides is 1. The van der Waals surface area contributed by atoms with Crippen LogP contribution in [0, 0.1) is 11.8 Å². The number of aromatic nitrogens is 1. The van der Waals surface area contributed by atoms with E-state index in [4.69, 9.17) is 5.11 Å². The molecule has 1 amide bonds. The number of pyridine rings is 1. The van der Waals surface area contributed by atoms with Crippen molar-refractivity contribution in [2.24, 2.45) is 11.8 Å². The van der Waals surface area contributed by atoms with Crippen LogP contribution in [-0.2, 0) is 22.7 Å². The number of rotatable bonds is 6. The molecule has 6 nitrogen and oxygen atoms in total. The third-order valence-corrected chi connectivity index (χ3v) is 4.19. The number of carbonyl (C=O) groups is 2. The fourth-order valence-corrected chi connectivity index (χ4v) is 2.63. The van der Waals surface area contributed by atoms with E-state index in [1.54, 1.807) is 16.8 Å². The van der Waals surface area contributed by atoms with Crippen molar-refractivity contribution in [2.45, 2.75) is 19.5 Å². The smallest absolute Gasteiger partial charge is 0.307 e. The lowest BCUT2D eigenvalue weighted by Gasteiger charge is -2.08. The van der Waals surface area contributed by atoms with Gasteiger partial charge in [0.05, 0.1) is 18.4 Å². The topological polar surface area (TPSA) is 88.4 Å². The maximum absolute atomic E-state index is 11.8. The van der Waals surface area contributed by atoms with E-state index in [0.717, 1.165) is 11.1 Å². The minimum absolute atomic E-state index is 0.0498. The highest BCUT2D eigenvalue weighted by atomic mass is 16.4. The third kappa shape index (κ3) is 3.71. The summed E-state index contributed by atoms with van der Waals surface area (Å²) in [6.45, 7) is 0.863. The first-order valence-electron chi connectivity index (χ1n) is 7.78. The molecule has 0 bridgehead atoms. The summed E-state index contributed by atoms with van der Waals surface area (Å²) in [6, 6.07) is 12.7. The average Bonchev–Trinajstić information content (AvgIpc) is 3.37. The second-order valence-electron chi connectivity index (χ2n) is 5.99. The number of nitrogens with one attached hydrogen (secondary N) is 1. The number of hydrogen-bond donors (Lipinski definition) is 2. The van der Waals surface area contributed by atoms with Crippen molar-refractivity contribution in [1.82, 2.24) is 9.88 Å². The van der Waals surface area contributed by atoms with Gasteiger partial charge in [-0.25, -0.2) is 0 Å². The molecule has 1 aromatic carbocycles. The van der Waals surface area contributed by atoms with Gasteiger partial charge in [-0.2, -0.15) is 0 Å². The summed E-state index contributed by atoms with van der Waals surface area (Å²) in [6.07, 6.45) is 2.16. The van der Waals surface area contributed by atoms with E-state index in [2.05, 4.69) is 5.32 Å². The maximum Gasteiger partial charge on any atom is 0.307 e. The molecule has 6 heteroatoms. The van der Waals surface area contributed by atoms with Gasteiger partial charge in [0.2, 0.25) is 5.91 Å². The van der Waals surface area contributed by atoms with E-state index in [-0.39, 0.29) is 11.5 Å². The van der Waals surface area contributed by atoms with Crippen LogP contribution >= 0.6 is 0 Å². The van der Waals surface area contributed by atoms with Gasteiger partial charge in [0.15, 0.2) is 0 Å². The monoisotopic (exact) mass is 326 g/mol. The van der Waals surface area contributed by atoms with Crippen molar-refractivity contribution < 1.29 is 14.7 Å². The van der Waals surface area contributed by atoms with Crippen molar-refractivity contribution in [2.75, 3.05) is 0 Å². The van der Waals surface area contributed by atoms with Gasteiger partial charge < -0.3 is 15.0 Å². The van der Waals surface area contributed by atoms with E-state index in [1.807, 2.05) is 30.3 Å². The van der Waals surface area contributed by atoms with Crippen molar-refractivity contribution >= 4 is 11.9 Å². The predicted molar refractivity (Wildman–Crippen MR) is 87.3 cm³/mol. The first-order chi connectivity index (χ1) is 11.5. The van der Waals surface area contributed by atoms with Crippen molar-refractivity contribution in [3.05, 3.63) is 70.1 Å². The lowest BCUT2D eigenvalue weighted by atomic mass is 10.1. The fraction of sp³-hybridized carbons (Fsp3) is 0.278. The highest BCUT2D eigenvalue weighted by Gasteiger charge is 2.48. The Morgan fingerprint density at radius 2 is 1.79 bits per heavy atom. The first-order valence-corrected chi connectivity index (χ1v) is 7.78. The zero-order chi connectivity index (χ0) is 17.1. The van der Waals surface area contributed by atoms with Gasteiger partial charge in [-0.1, -0.05) is 30.3 Å². The molecule has 1 aliphatic rings. The van der Waals surface area contributed by atoms with Gasteiger partial charge >= 0.3 is 5.97 Å². The fourth-order valence-electron chi connectivity index (χ4n) is 2.63. The highest BCUT2D eigenvalue weighted by Crippen LogP contribution is 2.38. The molecule has 3 rings (SSSR count). The Hall–Kier alpha value is -2.89. The number of aliphatic carboxylic acids is 1. The Kier molecular flexibility index (Phi) is 4.46. The Morgan fingerprint density at radius 3 is 2.42 bits per heavy atom. The summed E-state index contributed by atoms with van der Waals surface area (Å²) < 4.78 is 1.62. The van der Waals surface area contributed by atoms with Crippen LogP contribution in [0.4, 0.5) is 0 Å². The number of benzene rings is 1. The Bertz CT molecular complexity index is 810. The van der Waals surface area contributed by atoms with Gasteiger partial charge in [-0.3, -0.25) is 14.4 Å². The van der Waals surface area contributed by atoms with Gasteiger partial charge in [0, 0.05) is 18.8 Å². The molecule has 1 fully saturated rings. The summed E-state index contributed by atoms with van der Waals surface area (Å²) in [7, 11) is 0. The molecule has 1 aromatic heterocycles. The average molecular weight is 326 g/mol. The third-order valence-electron chi connectivity index (χ3n) is 4.19. The van der Waals surface area contributed by atoms with Gasteiger partial charge in [-0.15, -0.1) is 0 Å². The Labute approximate surface area is 138 Å². The molecule has 0 saturated heterocycles. The van der Waals surface area contributed by atoms with Gasteiger partial charge in [0.25, 0.3) is 5.56 Å². The number of carboxylic acid groups (broad SMARTS) is 1. The van der Waals surface area contributed by atoms with Crippen LogP contribution in [0.5, 0.6) is 0 Å². The van der Waals surface area contributed by atoms with Crippen LogP contribution in [0.25, 0.3) is 0 Å². The summed E-state index contributed by atoms with van der Waals surface area (Å²) in [5.41, 5.74) is 1.87. The lowest BCUT2D eigenvalue weighted by molar-refractivity contribution is -0.140. The molecule has 1 heterocycles. The van der Waals surface area contributed by atoms with E-state index in [0.29, 0.717) is 19.5 Å². The minimum Gasteiger partial charge on any atom is -0.481 e. The standard InChI is InChI=1S/C18H18N2O4/c21-16-3-1-2-8-20(16)11-13-6-4-12(5-7-13)10-19-17(22)14-9-15(14)18(23)24/h1-8,14-15H,9-11H2,(H,19,22)(H,23,24)/t14-,15+/m1/s1. The molecule has 2 atom stereocenters. The van der Waals surface area contributed by atoms with Crippen molar-refractivity contribution in [1.29, 1.82) is 0 Å². The molecular weight excluding hydrogens is 308 g/mol. The largest absolute Gasteiger partial charge is 0.481 e. The normalized spacial score (nSPS) is 18.8. The Balaban J connectivity index is 1.54. The second kappa shape index (κ2) is 6.70. The van der Waals surface area contributed by atoms with Crippen LogP contribution in [0.15, 0.2) is 53.5 Å². The van der Waals surface area contributed by atoms with Crippen LogP contribution in [0.3, 0.4) is 0 Å². The molecule has 0 unspecified atom stereocenters. The van der Waals surface area contributed by atoms with Crippen LogP contribution < -0.4 is 10.9 Å². The minimum atomic E-state index is -0.907. The van der Waals surface area contributed by atoms with Gasteiger partial charge in [0.1, 0.15) is 0 Å². The molecule has 24 heavy (non-hydrogen) atoms. The van der Waals surface area contributed by atoms with E-state index in [1.165, 1.54) is 6.07 Å².